The van der Waals surface area contributed by atoms with Crippen LogP contribution in [0.4, 0.5) is 0 Å². The molecule has 1 amide bonds. The number of carboxylic acid groups (broad SMARTS) is 2. The molecule has 1 aromatic heterocycles. The molecule has 0 bridgehead atoms. The molecule has 92 valence electrons. The van der Waals surface area contributed by atoms with E-state index >= 15 is 0 Å². The maximum atomic E-state index is 11.4. The van der Waals surface area contributed by atoms with Gasteiger partial charge in [0.1, 0.15) is 12.6 Å². The van der Waals surface area contributed by atoms with Gasteiger partial charge in [0.15, 0.2) is 0 Å². The number of hydrogen-bond acceptors (Lipinski definition) is 4. The zero-order chi connectivity index (χ0) is 12.8. The molecule has 0 radical (unpaired) electrons. The normalized spacial score (nSPS) is 11.8. The van der Waals surface area contributed by atoms with E-state index in [9.17, 15) is 14.4 Å². The molecular formula is C9H11N3O5. The van der Waals surface area contributed by atoms with E-state index in [4.69, 9.17) is 10.2 Å². The number of rotatable bonds is 6. The molecule has 8 nitrogen and oxygen atoms in total. The predicted octanol–water partition coefficient (Wildman–Crippen LogP) is -1.07. The van der Waals surface area contributed by atoms with Gasteiger partial charge in [-0.25, -0.2) is 4.79 Å². The third-order valence-electron chi connectivity index (χ3n) is 1.88. The summed E-state index contributed by atoms with van der Waals surface area (Å²) in [5.41, 5.74) is 0. The minimum Gasteiger partial charge on any atom is -0.481 e. The average molecular weight is 241 g/mol. The van der Waals surface area contributed by atoms with Crippen LogP contribution in [0.1, 0.15) is 6.42 Å². The van der Waals surface area contributed by atoms with E-state index < -0.39 is 30.3 Å². The van der Waals surface area contributed by atoms with E-state index in [1.54, 1.807) is 6.07 Å². The predicted molar refractivity (Wildman–Crippen MR) is 54.0 cm³/mol. The molecule has 0 aromatic carbocycles. The third-order valence-corrected chi connectivity index (χ3v) is 1.88. The van der Waals surface area contributed by atoms with Crippen LogP contribution < -0.4 is 5.32 Å². The highest BCUT2D eigenvalue weighted by Gasteiger charge is 2.22. The molecule has 0 aliphatic rings. The molecule has 1 unspecified atom stereocenters. The summed E-state index contributed by atoms with van der Waals surface area (Å²) in [5.74, 6) is -3.29. The monoisotopic (exact) mass is 241 g/mol. The van der Waals surface area contributed by atoms with Gasteiger partial charge in [0.25, 0.3) is 0 Å². The molecule has 0 aliphatic heterocycles. The quantitative estimate of drug-likeness (QED) is 0.582. The number of aromatic nitrogens is 2. The molecule has 0 spiro atoms. The summed E-state index contributed by atoms with van der Waals surface area (Å²) in [7, 11) is 0. The van der Waals surface area contributed by atoms with Crippen LogP contribution in [-0.4, -0.2) is 43.9 Å². The summed E-state index contributed by atoms with van der Waals surface area (Å²) in [4.78, 5) is 32.4. The summed E-state index contributed by atoms with van der Waals surface area (Å²) in [6, 6.07) is 0.176. The minimum absolute atomic E-state index is 0.156. The molecule has 17 heavy (non-hydrogen) atoms. The van der Waals surface area contributed by atoms with Gasteiger partial charge in [-0.1, -0.05) is 0 Å². The van der Waals surface area contributed by atoms with Crippen LogP contribution >= 0.6 is 0 Å². The summed E-state index contributed by atoms with van der Waals surface area (Å²) < 4.78 is 1.30. The van der Waals surface area contributed by atoms with Crippen molar-refractivity contribution in [3.8, 4) is 0 Å². The lowest BCUT2D eigenvalue weighted by Crippen LogP contribution is -2.43. The van der Waals surface area contributed by atoms with Crippen molar-refractivity contribution in [1.29, 1.82) is 0 Å². The highest BCUT2D eigenvalue weighted by molar-refractivity contribution is 5.86. The van der Waals surface area contributed by atoms with Gasteiger partial charge in [-0.2, -0.15) is 5.10 Å². The second kappa shape index (κ2) is 5.64. The van der Waals surface area contributed by atoms with Crippen molar-refractivity contribution in [1.82, 2.24) is 15.1 Å². The van der Waals surface area contributed by atoms with Gasteiger partial charge < -0.3 is 15.5 Å². The molecule has 3 N–H and O–H groups in total. The van der Waals surface area contributed by atoms with Gasteiger partial charge >= 0.3 is 11.9 Å². The number of carbonyl (C=O) groups is 3. The summed E-state index contributed by atoms with van der Waals surface area (Å²) >= 11 is 0. The standard InChI is InChI=1S/C9H11N3O5/c13-7(5-12-3-1-2-10-12)11-6(9(16)17)4-8(14)15/h1-3,6H,4-5H2,(H,11,13)(H,14,15)(H,16,17). The first-order chi connectivity index (χ1) is 7.99. The van der Waals surface area contributed by atoms with Crippen LogP contribution in [-0.2, 0) is 20.9 Å². The molecule has 1 aromatic rings. The molecule has 0 saturated carbocycles. The lowest BCUT2D eigenvalue weighted by Gasteiger charge is -2.12. The smallest absolute Gasteiger partial charge is 0.326 e. The first-order valence-corrected chi connectivity index (χ1v) is 4.70. The highest BCUT2D eigenvalue weighted by Crippen LogP contribution is 1.94. The number of amides is 1. The number of nitrogens with zero attached hydrogens (tertiary/aromatic N) is 2. The van der Waals surface area contributed by atoms with E-state index in [0.717, 1.165) is 0 Å². The Kier molecular flexibility index (Phi) is 4.21. The van der Waals surface area contributed by atoms with E-state index in [-0.39, 0.29) is 6.54 Å². The van der Waals surface area contributed by atoms with Gasteiger partial charge in [-0.15, -0.1) is 0 Å². The molecule has 1 rings (SSSR count). The SMILES string of the molecule is O=C(O)CC(NC(=O)Cn1cccn1)C(=O)O. The minimum atomic E-state index is -1.43. The van der Waals surface area contributed by atoms with Crippen LogP contribution in [0.5, 0.6) is 0 Å². The Morgan fingerprint density at radius 2 is 2.06 bits per heavy atom. The fraction of sp³-hybridized carbons (Fsp3) is 0.333. The van der Waals surface area contributed by atoms with Gasteiger partial charge in [0, 0.05) is 12.4 Å². The summed E-state index contributed by atoms with van der Waals surface area (Å²) in [5, 5.41) is 23.0. The first kappa shape index (κ1) is 12.7. The van der Waals surface area contributed by atoms with Gasteiger partial charge in [0.05, 0.1) is 6.42 Å². The van der Waals surface area contributed by atoms with Crippen molar-refractivity contribution in [2.24, 2.45) is 0 Å². The van der Waals surface area contributed by atoms with Gasteiger partial charge in [-0.05, 0) is 6.07 Å². The molecule has 0 fully saturated rings. The lowest BCUT2D eigenvalue weighted by atomic mass is 10.2. The summed E-state index contributed by atoms with van der Waals surface area (Å²) in [6.45, 7) is -0.156. The van der Waals surface area contributed by atoms with Gasteiger partial charge in [0.2, 0.25) is 5.91 Å². The zero-order valence-corrected chi connectivity index (χ0v) is 8.74. The highest BCUT2D eigenvalue weighted by atomic mass is 16.4. The molecule has 0 saturated heterocycles. The Labute approximate surface area is 95.9 Å². The lowest BCUT2D eigenvalue weighted by molar-refractivity contribution is -0.147. The molecule has 8 heteroatoms. The Balaban J connectivity index is 2.52. The van der Waals surface area contributed by atoms with E-state index in [1.165, 1.54) is 17.1 Å². The Morgan fingerprint density at radius 1 is 1.35 bits per heavy atom. The topological polar surface area (TPSA) is 122 Å². The third kappa shape index (κ3) is 4.33. The number of carboxylic acids is 2. The number of hydrogen-bond donors (Lipinski definition) is 3. The number of aliphatic carboxylic acids is 2. The number of nitrogens with one attached hydrogen (secondary N) is 1. The number of carbonyl (C=O) groups excluding carboxylic acids is 1. The molecule has 0 aliphatic carbocycles. The Hall–Kier alpha value is -2.38. The maximum absolute atomic E-state index is 11.4. The second-order valence-corrected chi connectivity index (χ2v) is 3.26. The second-order valence-electron chi connectivity index (χ2n) is 3.26. The first-order valence-electron chi connectivity index (χ1n) is 4.70. The van der Waals surface area contributed by atoms with Crippen LogP contribution in [0.25, 0.3) is 0 Å². The molecule has 1 atom stereocenters. The average Bonchev–Trinajstić information content (AvgIpc) is 2.68. The van der Waals surface area contributed by atoms with E-state index in [0.29, 0.717) is 0 Å². The van der Waals surface area contributed by atoms with Crippen LogP contribution in [0, 0.1) is 0 Å². The fourth-order valence-corrected chi connectivity index (χ4v) is 1.16. The van der Waals surface area contributed by atoms with Crippen LogP contribution in [0.3, 0.4) is 0 Å². The zero-order valence-electron chi connectivity index (χ0n) is 8.74. The molecule has 1 heterocycles. The van der Waals surface area contributed by atoms with Gasteiger partial charge in [-0.3, -0.25) is 14.3 Å². The van der Waals surface area contributed by atoms with Crippen molar-refractivity contribution < 1.29 is 24.6 Å². The van der Waals surface area contributed by atoms with Crippen molar-refractivity contribution in [2.45, 2.75) is 19.0 Å². The Morgan fingerprint density at radius 3 is 2.53 bits per heavy atom. The maximum Gasteiger partial charge on any atom is 0.326 e. The van der Waals surface area contributed by atoms with Crippen LogP contribution in [0.2, 0.25) is 0 Å². The molecular weight excluding hydrogens is 230 g/mol. The Bertz CT molecular complexity index is 414. The van der Waals surface area contributed by atoms with E-state index in [1.807, 2.05) is 0 Å². The van der Waals surface area contributed by atoms with Crippen molar-refractivity contribution >= 4 is 17.8 Å². The van der Waals surface area contributed by atoms with Crippen molar-refractivity contribution in [3.63, 3.8) is 0 Å². The largest absolute Gasteiger partial charge is 0.481 e. The van der Waals surface area contributed by atoms with Crippen molar-refractivity contribution in [2.75, 3.05) is 0 Å². The fourth-order valence-electron chi connectivity index (χ4n) is 1.16. The summed E-state index contributed by atoms with van der Waals surface area (Å²) in [6.07, 6.45) is 2.34. The van der Waals surface area contributed by atoms with E-state index in [2.05, 4.69) is 10.4 Å². The van der Waals surface area contributed by atoms with Crippen LogP contribution in [0.15, 0.2) is 18.5 Å². The van der Waals surface area contributed by atoms with Crippen molar-refractivity contribution in [3.05, 3.63) is 18.5 Å².